The maximum atomic E-state index is 13.1. The molecule has 1 amide bonds. The number of aryl methyl sites for hydroxylation is 1. The topological polar surface area (TPSA) is 77.2 Å². The number of carbonyl (C=O) groups excluding carboxylic acids is 1. The normalized spacial score (nSPS) is 18.8. The number of nitrogens with zero attached hydrogens (tertiary/aromatic N) is 2. The molecule has 1 atom stereocenters. The molecule has 0 spiro atoms. The van der Waals surface area contributed by atoms with Crippen molar-refractivity contribution in [1.82, 2.24) is 15.5 Å². The molecule has 2 aliphatic rings. The van der Waals surface area contributed by atoms with E-state index in [2.05, 4.69) is 15.5 Å². The fourth-order valence-corrected chi connectivity index (χ4v) is 3.71. The Hall–Kier alpha value is -2.37. The van der Waals surface area contributed by atoms with Crippen LogP contribution in [0.4, 0.5) is 0 Å². The van der Waals surface area contributed by atoms with Crippen molar-refractivity contribution < 1.29 is 14.1 Å². The van der Waals surface area contributed by atoms with Gasteiger partial charge in [-0.05, 0) is 69.6 Å². The average Bonchev–Trinajstić information content (AvgIpc) is 3.55. The highest BCUT2D eigenvalue weighted by molar-refractivity contribution is 5.95. The molecule has 6 heteroatoms. The first kappa shape index (κ1) is 19.0. The smallest absolute Gasteiger partial charge is 0.252 e. The number of benzene rings is 1. The Balaban J connectivity index is 1.58. The zero-order valence-electron chi connectivity index (χ0n) is 17.1. The molecule has 150 valence electrons. The van der Waals surface area contributed by atoms with Crippen molar-refractivity contribution in [3.05, 3.63) is 41.0 Å². The zero-order chi connectivity index (χ0) is 19.9. The number of hydrogen-bond donors (Lipinski definition) is 1. The predicted molar refractivity (Wildman–Crippen MR) is 105 cm³/mol. The molecule has 0 unspecified atom stereocenters. The number of ether oxygens (including phenoxy) is 1. The van der Waals surface area contributed by atoms with Crippen LogP contribution < -0.4 is 10.1 Å². The van der Waals surface area contributed by atoms with E-state index >= 15 is 0 Å². The summed E-state index contributed by atoms with van der Waals surface area (Å²) in [5, 5.41) is 7.27. The van der Waals surface area contributed by atoms with Gasteiger partial charge in [0.15, 0.2) is 5.82 Å². The molecule has 2 aromatic rings. The summed E-state index contributed by atoms with van der Waals surface area (Å²) in [6, 6.07) is 5.82. The summed E-state index contributed by atoms with van der Waals surface area (Å²) >= 11 is 0. The molecule has 1 heterocycles. The van der Waals surface area contributed by atoms with Crippen LogP contribution in [0.15, 0.2) is 22.7 Å². The number of rotatable bonds is 8. The molecule has 4 rings (SSSR count). The van der Waals surface area contributed by atoms with E-state index in [0.717, 1.165) is 12.2 Å². The molecule has 1 aromatic carbocycles. The number of aromatic nitrogens is 2. The highest BCUT2D eigenvalue weighted by atomic mass is 16.5. The lowest BCUT2D eigenvalue weighted by molar-refractivity contribution is 0.0889. The third-order valence-electron chi connectivity index (χ3n) is 5.46. The number of carbonyl (C=O) groups is 1. The lowest BCUT2D eigenvalue weighted by Crippen LogP contribution is -2.44. The van der Waals surface area contributed by atoms with Crippen LogP contribution in [0.3, 0.4) is 0 Å². The number of nitrogens with one attached hydrogen (secondary N) is 1. The molecule has 2 fully saturated rings. The van der Waals surface area contributed by atoms with Gasteiger partial charge in [0.25, 0.3) is 5.91 Å². The first-order valence-corrected chi connectivity index (χ1v) is 10.3. The van der Waals surface area contributed by atoms with Crippen molar-refractivity contribution in [2.24, 2.45) is 5.92 Å². The summed E-state index contributed by atoms with van der Waals surface area (Å²) in [7, 11) is 0. The van der Waals surface area contributed by atoms with Gasteiger partial charge in [0, 0.05) is 12.5 Å². The zero-order valence-corrected chi connectivity index (χ0v) is 17.1. The van der Waals surface area contributed by atoms with E-state index in [4.69, 9.17) is 9.26 Å². The van der Waals surface area contributed by atoms with E-state index in [1.54, 1.807) is 6.92 Å². The third kappa shape index (κ3) is 4.21. The molecule has 2 aliphatic carbocycles. The van der Waals surface area contributed by atoms with Gasteiger partial charge in [0.1, 0.15) is 11.3 Å². The summed E-state index contributed by atoms with van der Waals surface area (Å²) in [6.45, 7) is 7.77. The second kappa shape index (κ2) is 7.22. The standard InChI is InChI=1S/C22H29N3O3/c1-13(2)27-19-11-17(9-10-18(19)16-7-8-16)20(26)24-22(4,12-15-5-6-15)21-23-14(3)28-25-21/h9-11,13,15-16H,5-8,12H2,1-4H3,(H,24,26)/t22-/m1/s1. The van der Waals surface area contributed by atoms with Crippen molar-refractivity contribution in [2.45, 2.75) is 77.4 Å². The summed E-state index contributed by atoms with van der Waals surface area (Å²) in [4.78, 5) is 17.5. The van der Waals surface area contributed by atoms with Crippen LogP contribution in [0.25, 0.3) is 0 Å². The quantitative estimate of drug-likeness (QED) is 0.727. The summed E-state index contributed by atoms with van der Waals surface area (Å²) in [6.07, 6.45) is 5.63. The molecule has 1 aromatic heterocycles. The number of amides is 1. The summed E-state index contributed by atoms with van der Waals surface area (Å²) in [5.74, 6) is 2.90. The highest BCUT2D eigenvalue weighted by Gasteiger charge is 2.39. The molecular formula is C22H29N3O3. The van der Waals surface area contributed by atoms with Gasteiger partial charge in [-0.25, -0.2) is 0 Å². The fraction of sp³-hybridized carbons (Fsp3) is 0.591. The Morgan fingerprint density at radius 3 is 2.64 bits per heavy atom. The molecule has 28 heavy (non-hydrogen) atoms. The molecule has 6 nitrogen and oxygen atoms in total. The van der Waals surface area contributed by atoms with Crippen molar-refractivity contribution in [3.63, 3.8) is 0 Å². The Morgan fingerprint density at radius 2 is 2.07 bits per heavy atom. The first-order valence-electron chi connectivity index (χ1n) is 10.3. The summed E-state index contributed by atoms with van der Waals surface area (Å²) in [5.41, 5.74) is 1.16. The number of hydrogen-bond acceptors (Lipinski definition) is 5. The van der Waals surface area contributed by atoms with E-state index < -0.39 is 5.54 Å². The molecule has 0 bridgehead atoms. The van der Waals surface area contributed by atoms with Crippen molar-refractivity contribution >= 4 is 5.91 Å². The van der Waals surface area contributed by atoms with Gasteiger partial charge in [0.2, 0.25) is 5.89 Å². The van der Waals surface area contributed by atoms with E-state index in [0.29, 0.717) is 29.1 Å². The van der Waals surface area contributed by atoms with Gasteiger partial charge in [-0.1, -0.05) is 24.1 Å². The van der Waals surface area contributed by atoms with Crippen LogP contribution in [-0.2, 0) is 5.54 Å². The minimum Gasteiger partial charge on any atom is -0.491 e. The molecule has 1 N–H and O–H groups in total. The summed E-state index contributed by atoms with van der Waals surface area (Å²) < 4.78 is 11.2. The third-order valence-corrected chi connectivity index (χ3v) is 5.46. The van der Waals surface area contributed by atoms with Crippen LogP contribution in [-0.4, -0.2) is 22.2 Å². The molecule has 0 aliphatic heterocycles. The second-order valence-electron chi connectivity index (χ2n) is 8.76. The molecular weight excluding hydrogens is 354 g/mol. The minimum absolute atomic E-state index is 0.0678. The van der Waals surface area contributed by atoms with E-state index in [1.807, 2.05) is 39.0 Å². The van der Waals surface area contributed by atoms with E-state index in [-0.39, 0.29) is 12.0 Å². The largest absolute Gasteiger partial charge is 0.491 e. The minimum atomic E-state index is -0.649. The van der Waals surface area contributed by atoms with Gasteiger partial charge < -0.3 is 14.6 Å². The monoisotopic (exact) mass is 383 g/mol. The Bertz CT molecular complexity index is 868. The lowest BCUT2D eigenvalue weighted by atomic mass is 9.93. The van der Waals surface area contributed by atoms with Gasteiger partial charge in [-0.15, -0.1) is 0 Å². The van der Waals surface area contributed by atoms with Gasteiger partial charge in [0.05, 0.1) is 6.10 Å². The van der Waals surface area contributed by atoms with Crippen LogP contribution in [0, 0.1) is 12.8 Å². The Morgan fingerprint density at radius 1 is 1.32 bits per heavy atom. The van der Waals surface area contributed by atoms with Gasteiger partial charge in [-0.2, -0.15) is 4.98 Å². The Kier molecular flexibility index (Phi) is 4.89. The molecule has 0 radical (unpaired) electrons. The van der Waals surface area contributed by atoms with Crippen molar-refractivity contribution in [2.75, 3.05) is 0 Å². The van der Waals surface area contributed by atoms with Gasteiger partial charge >= 0.3 is 0 Å². The molecule has 2 saturated carbocycles. The second-order valence-corrected chi connectivity index (χ2v) is 8.76. The van der Waals surface area contributed by atoms with Crippen LogP contribution in [0.1, 0.15) is 86.4 Å². The van der Waals surface area contributed by atoms with Crippen molar-refractivity contribution in [3.8, 4) is 5.75 Å². The predicted octanol–water partition coefficient (Wildman–Crippen LogP) is 4.49. The Labute approximate surface area is 166 Å². The fourth-order valence-electron chi connectivity index (χ4n) is 3.71. The van der Waals surface area contributed by atoms with Crippen molar-refractivity contribution in [1.29, 1.82) is 0 Å². The maximum Gasteiger partial charge on any atom is 0.252 e. The van der Waals surface area contributed by atoms with Gasteiger partial charge in [-0.3, -0.25) is 4.79 Å². The first-order chi connectivity index (χ1) is 13.3. The van der Waals surface area contributed by atoms with Crippen LogP contribution in [0.5, 0.6) is 5.75 Å². The maximum absolute atomic E-state index is 13.1. The van der Waals surface area contributed by atoms with E-state index in [1.165, 1.54) is 31.2 Å². The average molecular weight is 383 g/mol. The highest BCUT2D eigenvalue weighted by Crippen LogP contribution is 2.45. The SMILES string of the molecule is Cc1nc([C@@](C)(CC2CC2)NC(=O)c2ccc(C3CC3)c(OC(C)C)c2)no1. The lowest BCUT2D eigenvalue weighted by Gasteiger charge is -2.28. The van der Waals surface area contributed by atoms with E-state index in [9.17, 15) is 4.79 Å². The molecule has 0 saturated heterocycles. The van der Waals surface area contributed by atoms with Crippen LogP contribution >= 0.6 is 0 Å². The van der Waals surface area contributed by atoms with Crippen LogP contribution in [0.2, 0.25) is 0 Å².